The smallest absolute Gasteiger partial charge is 0.121 e. The molecule has 1 aliphatic heterocycles. The minimum atomic E-state index is 0.828. The maximum Gasteiger partial charge on any atom is 0.121 e. The van der Waals surface area contributed by atoms with Crippen molar-refractivity contribution < 1.29 is 4.74 Å². The third kappa shape index (κ3) is 3.65. The summed E-state index contributed by atoms with van der Waals surface area (Å²) in [6.45, 7) is 4.19. The lowest BCUT2D eigenvalue weighted by molar-refractivity contribution is 0.411. The molecule has 0 spiro atoms. The van der Waals surface area contributed by atoms with Crippen LogP contribution in [0.4, 0.5) is 0 Å². The van der Waals surface area contributed by atoms with Crippen LogP contribution in [-0.4, -0.2) is 24.7 Å². The molecule has 0 aromatic heterocycles. The number of rotatable bonds is 5. The van der Waals surface area contributed by atoms with Gasteiger partial charge in [0.05, 0.1) is 7.11 Å². The number of nitrogens with one attached hydrogen (secondary N) is 1. The third-order valence-corrected chi connectivity index (χ3v) is 4.58. The van der Waals surface area contributed by atoms with E-state index in [-0.39, 0.29) is 0 Å². The van der Waals surface area contributed by atoms with Crippen molar-refractivity contribution in [2.45, 2.75) is 31.6 Å². The summed E-state index contributed by atoms with van der Waals surface area (Å²) in [5, 5.41) is 4.37. The highest BCUT2D eigenvalue weighted by molar-refractivity contribution is 8.00. The first-order chi connectivity index (χ1) is 8.29. The Bertz CT molecular complexity index is 361. The molecule has 2 rings (SSSR count). The fraction of sp³-hybridized carbons (Fsp3) is 0.571. The molecular formula is C14H21NOS. The van der Waals surface area contributed by atoms with Gasteiger partial charge >= 0.3 is 0 Å². The van der Waals surface area contributed by atoms with Crippen molar-refractivity contribution in [1.82, 2.24) is 5.32 Å². The van der Waals surface area contributed by atoms with Crippen LogP contribution in [0.15, 0.2) is 18.2 Å². The average molecular weight is 251 g/mol. The number of aryl methyl sites for hydroxylation is 1. The Morgan fingerprint density at radius 3 is 3.00 bits per heavy atom. The molecule has 1 N–H and O–H groups in total. The molecule has 1 aromatic rings. The summed E-state index contributed by atoms with van der Waals surface area (Å²) in [6, 6.07) is 6.39. The van der Waals surface area contributed by atoms with Crippen LogP contribution in [0, 0.1) is 6.92 Å². The molecule has 1 fully saturated rings. The van der Waals surface area contributed by atoms with Gasteiger partial charge in [0.2, 0.25) is 0 Å². The molecule has 1 aromatic carbocycles. The molecule has 0 saturated carbocycles. The van der Waals surface area contributed by atoms with Gasteiger partial charge < -0.3 is 10.1 Å². The summed E-state index contributed by atoms with van der Waals surface area (Å²) in [4.78, 5) is 0. The standard InChI is InChI=1S/C14H21NOS/c1-11-8-12(5-6-14(11)16-2)9-15-10-13-4-3-7-17-13/h5-6,8,13,15H,3-4,7,9-10H2,1-2H3. The van der Waals surface area contributed by atoms with Gasteiger partial charge in [-0.15, -0.1) is 0 Å². The van der Waals surface area contributed by atoms with Crippen molar-refractivity contribution in [2.24, 2.45) is 0 Å². The van der Waals surface area contributed by atoms with Crippen molar-refractivity contribution in [1.29, 1.82) is 0 Å². The molecule has 1 atom stereocenters. The molecule has 2 nitrogen and oxygen atoms in total. The predicted molar refractivity (Wildman–Crippen MR) is 74.9 cm³/mol. The molecule has 3 heteroatoms. The molecule has 0 bridgehead atoms. The van der Waals surface area contributed by atoms with Gasteiger partial charge in [-0.05, 0) is 42.7 Å². The zero-order valence-electron chi connectivity index (χ0n) is 10.7. The molecule has 0 amide bonds. The summed E-state index contributed by atoms with van der Waals surface area (Å²) in [5.74, 6) is 2.31. The van der Waals surface area contributed by atoms with Gasteiger partial charge in [-0.2, -0.15) is 11.8 Å². The van der Waals surface area contributed by atoms with Gasteiger partial charge in [-0.25, -0.2) is 0 Å². The second kappa shape index (κ2) is 6.31. The van der Waals surface area contributed by atoms with E-state index < -0.39 is 0 Å². The van der Waals surface area contributed by atoms with Gasteiger partial charge in [0.25, 0.3) is 0 Å². The monoisotopic (exact) mass is 251 g/mol. The van der Waals surface area contributed by atoms with E-state index in [2.05, 4.69) is 42.2 Å². The van der Waals surface area contributed by atoms with Gasteiger partial charge in [-0.1, -0.05) is 12.1 Å². The summed E-state index contributed by atoms with van der Waals surface area (Å²) in [6.07, 6.45) is 2.76. The van der Waals surface area contributed by atoms with Crippen molar-refractivity contribution in [3.05, 3.63) is 29.3 Å². The van der Waals surface area contributed by atoms with E-state index in [1.54, 1.807) is 7.11 Å². The first-order valence-electron chi connectivity index (χ1n) is 6.25. The Hall–Kier alpha value is -0.670. The average Bonchev–Trinajstić information content (AvgIpc) is 2.82. The van der Waals surface area contributed by atoms with E-state index in [4.69, 9.17) is 4.74 Å². The van der Waals surface area contributed by atoms with Gasteiger partial charge in [0.1, 0.15) is 5.75 Å². The molecule has 17 heavy (non-hydrogen) atoms. The van der Waals surface area contributed by atoms with Crippen LogP contribution in [0.5, 0.6) is 5.75 Å². The summed E-state index contributed by atoms with van der Waals surface area (Å²) in [5.41, 5.74) is 2.55. The van der Waals surface area contributed by atoms with Crippen molar-refractivity contribution >= 4 is 11.8 Å². The SMILES string of the molecule is COc1ccc(CNCC2CCCS2)cc1C. The Balaban J connectivity index is 1.80. The minimum Gasteiger partial charge on any atom is -0.496 e. The van der Waals surface area contributed by atoms with Gasteiger partial charge in [0, 0.05) is 18.3 Å². The van der Waals surface area contributed by atoms with E-state index in [1.807, 2.05) is 0 Å². The first-order valence-corrected chi connectivity index (χ1v) is 7.30. The van der Waals surface area contributed by atoms with Crippen LogP contribution in [-0.2, 0) is 6.54 Å². The van der Waals surface area contributed by atoms with Crippen LogP contribution in [0.2, 0.25) is 0 Å². The number of ether oxygens (including phenoxy) is 1. The van der Waals surface area contributed by atoms with E-state index in [1.165, 1.54) is 29.7 Å². The fourth-order valence-corrected chi connectivity index (χ4v) is 3.47. The lowest BCUT2D eigenvalue weighted by atomic mass is 10.1. The molecule has 1 saturated heterocycles. The second-order valence-electron chi connectivity index (χ2n) is 4.57. The van der Waals surface area contributed by atoms with Gasteiger partial charge in [-0.3, -0.25) is 0 Å². The summed E-state index contributed by atoms with van der Waals surface area (Å²) >= 11 is 2.10. The number of methoxy groups -OCH3 is 1. The molecule has 0 radical (unpaired) electrons. The van der Waals surface area contributed by atoms with E-state index in [0.717, 1.165) is 24.1 Å². The lowest BCUT2D eigenvalue weighted by Crippen LogP contribution is -2.22. The molecular weight excluding hydrogens is 230 g/mol. The van der Waals surface area contributed by atoms with Crippen LogP contribution < -0.4 is 10.1 Å². The maximum absolute atomic E-state index is 5.26. The Morgan fingerprint density at radius 2 is 2.35 bits per heavy atom. The summed E-state index contributed by atoms with van der Waals surface area (Å²) in [7, 11) is 1.72. The zero-order valence-corrected chi connectivity index (χ0v) is 11.5. The van der Waals surface area contributed by atoms with Crippen molar-refractivity contribution in [3.63, 3.8) is 0 Å². The Morgan fingerprint density at radius 1 is 1.47 bits per heavy atom. The zero-order chi connectivity index (χ0) is 12.1. The van der Waals surface area contributed by atoms with Crippen LogP contribution >= 0.6 is 11.8 Å². The largest absolute Gasteiger partial charge is 0.496 e. The van der Waals surface area contributed by atoms with Crippen LogP contribution in [0.3, 0.4) is 0 Å². The first kappa shape index (κ1) is 12.8. The highest BCUT2D eigenvalue weighted by Gasteiger charge is 2.14. The number of thioether (sulfide) groups is 1. The van der Waals surface area contributed by atoms with Crippen LogP contribution in [0.25, 0.3) is 0 Å². The number of hydrogen-bond acceptors (Lipinski definition) is 3. The van der Waals surface area contributed by atoms with E-state index >= 15 is 0 Å². The third-order valence-electron chi connectivity index (χ3n) is 3.18. The topological polar surface area (TPSA) is 21.3 Å². The van der Waals surface area contributed by atoms with Crippen molar-refractivity contribution in [2.75, 3.05) is 19.4 Å². The van der Waals surface area contributed by atoms with Crippen LogP contribution in [0.1, 0.15) is 24.0 Å². The predicted octanol–water partition coefficient (Wildman–Crippen LogP) is 2.99. The van der Waals surface area contributed by atoms with Gasteiger partial charge in [0.15, 0.2) is 0 Å². The number of hydrogen-bond donors (Lipinski definition) is 1. The highest BCUT2D eigenvalue weighted by Crippen LogP contribution is 2.25. The Labute approximate surface area is 108 Å². The van der Waals surface area contributed by atoms with Crippen molar-refractivity contribution in [3.8, 4) is 5.75 Å². The molecule has 94 valence electrons. The highest BCUT2D eigenvalue weighted by atomic mass is 32.2. The number of benzene rings is 1. The second-order valence-corrected chi connectivity index (χ2v) is 5.98. The maximum atomic E-state index is 5.26. The quantitative estimate of drug-likeness (QED) is 0.869. The molecule has 1 heterocycles. The minimum absolute atomic E-state index is 0.828. The molecule has 0 aliphatic carbocycles. The Kier molecular flexibility index (Phi) is 4.75. The summed E-state index contributed by atoms with van der Waals surface area (Å²) < 4.78 is 5.26. The fourth-order valence-electron chi connectivity index (χ4n) is 2.23. The van der Waals surface area contributed by atoms with E-state index in [9.17, 15) is 0 Å². The lowest BCUT2D eigenvalue weighted by Gasteiger charge is -2.11. The molecule has 1 unspecified atom stereocenters. The normalized spacial score (nSPS) is 19.5. The van der Waals surface area contributed by atoms with E-state index in [0.29, 0.717) is 0 Å². The molecule has 1 aliphatic rings.